The van der Waals surface area contributed by atoms with Crippen molar-refractivity contribution in [3.8, 4) is 6.07 Å². The van der Waals surface area contributed by atoms with Crippen LogP contribution in [-0.2, 0) is 0 Å². The number of anilines is 1. The molecule has 17 heavy (non-hydrogen) atoms. The van der Waals surface area contributed by atoms with Crippen molar-refractivity contribution < 1.29 is 9.50 Å². The number of aliphatic hydroxyl groups is 1. The SMILES string of the molecule is CC(CC#N)N(C)c1ccc([C@H](C)O)cc1F. The van der Waals surface area contributed by atoms with Gasteiger partial charge in [0.1, 0.15) is 5.82 Å². The monoisotopic (exact) mass is 236 g/mol. The molecule has 0 saturated heterocycles. The molecule has 2 atom stereocenters. The van der Waals surface area contributed by atoms with Crippen LogP contribution in [0.25, 0.3) is 0 Å². The van der Waals surface area contributed by atoms with Gasteiger partial charge in [0.2, 0.25) is 0 Å². The highest BCUT2D eigenvalue weighted by Gasteiger charge is 2.14. The zero-order valence-corrected chi connectivity index (χ0v) is 10.3. The van der Waals surface area contributed by atoms with Crippen LogP contribution in [0.15, 0.2) is 18.2 Å². The van der Waals surface area contributed by atoms with Crippen LogP contribution in [0.4, 0.5) is 10.1 Å². The molecule has 0 aliphatic heterocycles. The van der Waals surface area contributed by atoms with Crippen molar-refractivity contribution in [2.75, 3.05) is 11.9 Å². The molecule has 0 saturated carbocycles. The van der Waals surface area contributed by atoms with Crippen LogP contribution in [-0.4, -0.2) is 18.2 Å². The Labute approximate surface area is 101 Å². The minimum absolute atomic E-state index is 0.0492. The van der Waals surface area contributed by atoms with Crippen molar-refractivity contribution in [2.45, 2.75) is 32.4 Å². The number of halogens is 1. The van der Waals surface area contributed by atoms with Gasteiger partial charge in [-0.25, -0.2) is 4.39 Å². The zero-order valence-electron chi connectivity index (χ0n) is 10.3. The predicted molar refractivity (Wildman–Crippen MR) is 65.1 cm³/mol. The van der Waals surface area contributed by atoms with E-state index < -0.39 is 6.10 Å². The van der Waals surface area contributed by atoms with Crippen LogP contribution in [0.2, 0.25) is 0 Å². The van der Waals surface area contributed by atoms with Crippen molar-refractivity contribution in [1.82, 2.24) is 0 Å². The number of nitrogens with zero attached hydrogens (tertiary/aromatic N) is 2. The first kappa shape index (κ1) is 13.5. The molecule has 0 bridgehead atoms. The molecule has 0 heterocycles. The van der Waals surface area contributed by atoms with Crippen LogP contribution in [0.5, 0.6) is 0 Å². The maximum Gasteiger partial charge on any atom is 0.146 e. The van der Waals surface area contributed by atoms with Crippen LogP contribution in [0, 0.1) is 17.1 Å². The van der Waals surface area contributed by atoms with Gasteiger partial charge in [-0.1, -0.05) is 6.07 Å². The average Bonchev–Trinajstić information content (AvgIpc) is 2.28. The highest BCUT2D eigenvalue weighted by atomic mass is 19.1. The van der Waals surface area contributed by atoms with Crippen molar-refractivity contribution in [1.29, 1.82) is 5.26 Å². The van der Waals surface area contributed by atoms with Gasteiger partial charge >= 0.3 is 0 Å². The second-order valence-electron chi connectivity index (χ2n) is 4.21. The van der Waals surface area contributed by atoms with Crippen LogP contribution in [0.3, 0.4) is 0 Å². The summed E-state index contributed by atoms with van der Waals surface area (Å²) in [4.78, 5) is 1.73. The lowest BCUT2D eigenvalue weighted by Crippen LogP contribution is -2.29. The molecule has 1 N–H and O–H groups in total. The molecular weight excluding hydrogens is 219 g/mol. The number of benzene rings is 1. The Balaban J connectivity index is 2.96. The highest BCUT2D eigenvalue weighted by molar-refractivity contribution is 5.49. The molecule has 92 valence electrons. The summed E-state index contributed by atoms with van der Waals surface area (Å²) in [6.07, 6.45) is -0.339. The Morgan fingerprint density at radius 1 is 1.47 bits per heavy atom. The molecule has 0 aromatic heterocycles. The molecule has 4 heteroatoms. The Morgan fingerprint density at radius 3 is 2.59 bits per heavy atom. The average molecular weight is 236 g/mol. The van der Waals surface area contributed by atoms with Gasteiger partial charge in [0.15, 0.2) is 0 Å². The predicted octanol–water partition coefficient (Wildman–Crippen LogP) is 2.62. The van der Waals surface area contributed by atoms with E-state index in [-0.39, 0.29) is 11.9 Å². The van der Waals surface area contributed by atoms with Gasteiger partial charge < -0.3 is 10.0 Å². The third kappa shape index (κ3) is 3.18. The number of hydrogen-bond donors (Lipinski definition) is 1. The summed E-state index contributed by atoms with van der Waals surface area (Å²) in [5, 5.41) is 18.0. The van der Waals surface area contributed by atoms with E-state index in [0.29, 0.717) is 17.7 Å². The Kier molecular flexibility index (Phi) is 4.47. The topological polar surface area (TPSA) is 47.3 Å². The van der Waals surface area contributed by atoms with Gasteiger partial charge in [-0.2, -0.15) is 5.26 Å². The summed E-state index contributed by atoms with van der Waals surface area (Å²) >= 11 is 0. The van der Waals surface area contributed by atoms with Crippen LogP contribution < -0.4 is 4.90 Å². The molecule has 0 amide bonds. The first-order chi connectivity index (χ1) is 7.97. The molecule has 1 rings (SSSR count). The summed E-state index contributed by atoms with van der Waals surface area (Å²) in [5.74, 6) is -0.379. The van der Waals surface area contributed by atoms with Crippen LogP contribution in [0.1, 0.15) is 31.9 Å². The summed E-state index contributed by atoms with van der Waals surface area (Å²) in [7, 11) is 1.75. The first-order valence-electron chi connectivity index (χ1n) is 5.54. The lowest BCUT2D eigenvalue weighted by Gasteiger charge is -2.26. The molecule has 0 aliphatic carbocycles. The van der Waals surface area contributed by atoms with E-state index in [1.807, 2.05) is 6.92 Å². The van der Waals surface area contributed by atoms with Gasteiger partial charge in [-0.15, -0.1) is 0 Å². The van der Waals surface area contributed by atoms with Crippen molar-refractivity contribution in [3.63, 3.8) is 0 Å². The third-order valence-corrected chi connectivity index (χ3v) is 2.88. The van der Waals surface area contributed by atoms with E-state index in [0.717, 1.165) is 0 Å². The summed E-state index contributed by atoms with van der Waals surface area (Å²) in [5.41, 5.74) is 0.990. The quantitative estimate of drug-likeness (QED) is 0.874. The van der Waals surface area contributed by atoms with E-state index in [2.05, 4.69) is 6.07 Å². The molecule has 3 nitrogen and oxygen atoms in total. The summed E-state index contributed by atoms with van der Waals surface area (Å²) in [6.45, 7) is 3.46. The van der Waals surface area contributed by atoms with Crippen molar-refractivity contribution in [2.24, 2.45) is 0 Å². The van der Waals surface area contributed by atoms with Gasteiger partial charge in [-0.05, 0) is 31.5 Å². The number of hydrogen-bond acceptors (Lipinski definition) is 3. The molecule has 0 fully saturated rings. The van der Waals surface area contributed by atoms with E-state index >= 15 is 0 Å². The zero-order chi connectivity index (χ0) is 13.0. The number of aliphatic hydroxyl groups excluding tert-OH is 1. The number of nitriles is 1. The molecule has 0 aliphatic rings. The molecule has 1 unspecified atom stereocenters. The molecule has 1 aromatic carbocycles. The molecular formula is C13H17FN2O. The fourth-order valence-electron chi connectivity index (χ4n) is 1.58. The second kappa shape index (κ2) is 5.65. The van der Waals surface area contributed by atoms with Crippen molar-refractivity contribution >= 4 is 5.69 Å². The van der Waals surface area contributed by atoms with E-state index in [1.54, 1.807) is 31.0 Å². The fourth-order valence-corrected chi connectivity index (χ4v) is 1.58. The smallest absolute Gasteiger partial charge is 0.146 e. The molecule has 0 radical (unpaired) electrons. The standard InChI is InChI=1S/C13H17FN2O/c1-9(6-7-15)16(3)13-5-4-11(10(2)17)8-12(13)14/h4-5,8-10,17H,6H2,1-3H3/t9?,10-/m0/s1. The van der Waals surface area contributed by atoms with Gasteiger partial charge in [0.25, 0.3) is 0 Å². The fraction of sp³-hybridized carbons (Fsp3) is 0.462. The van der Waals surface area contributed by atoms with Gasteiger partial charge in [0, 0.05) is 13.1 Å². The minimum atomic E-state index is -0.680. The lowest BCUT2D eigenvalue weighted by molar-refractivity contribution is 0.199. The Morgan fingerprint density at radius 2 is 2.12 bits per heavy atom. The minimum Gasteiger partial charge on any atom is -0.389 e. The second-order valence-corrected chi connectivity index (χ2v) is 4.21. The maximum atomic E-state index is 13.8. The number of rotatable bonds is 4. The maximum absolute atomic E-state index is 13.8. The summed E-state index contributed by atoms with van der Waals surface area (Å²) in [6, 6.07) is 6.67. The van der Waals surface area contributed by atoms with E-state index in [4.69, 9.17) is 5.26 Å². The van der Waals surface area contributed by atoms with Crippen LogP contribution >= 0.6 is 0 Å². The lowest BCUT2D eigenvalue weighted by atomic mass is 10.1. The molecule has 1 aromatic rings. The van der Waals surface area contributed by atoms with Gasteiger partial charge in [-0.3, -0.25) is 0 Å². The van der Waals surface area contributed by atoms with Gasteiger partial charge in [0.05, 0.1) is 24.3 Å². The summed E-state index contributed by atoms with van der Waals surface area (Å²) < 4.78 is 13.8. The highest BCUT2D eigenvalue weighted by Crippen LogP contribution is 2.24. The van der Waals surface area contributed by atoms with E-state index in [9.17, 15) is 9.50 Å². The molecule has 0 spiro atoms. The third-order valence-electron chi connectivity index (χ3n) is 2.88. The largest absolute Gasteiger partial charge is 0.389 e. The Hall–Kier alpha value is -1.60. The first-order valence-corrected chi connectivity index (χ1v) is 5.54. The van der Waals surface area contributed by atoms with Crippen molar-refractivity contribution in [3.05, 3.63) is 29.6 Å². The Bertz CT molecular complexity index is 426. The van der Waals surface area contributed by atoms with E-state index in [1.165, 1.54) is 6.07 Å². The normalized spacial score (nSPS) is 13.9.